The van der Waals surface area contributed by atoms with E-state index < -0.39 is 0 Å². The van der Waals surface area contributed by atoms with Crippen LogP contribution in [0.4, 0.5) is 0 Å². The minimum atomic E-state index is 0.639. The van der Waals surface area contributed by atoms with E-state index in [0.717, 1.165) is 12.5 Å². The fourth-order valence-electron chi connectivity index (χ4n) is 2.11. The molecule has 0 aromatic heterocycles. The van der Waals surface area contributed by atoms with Crippen LogP contribution < -0.4 is 5.32 Å². The standard InChI is InChI=1S/C12H26N2/c1-4-8-13-11(2)9-14(3)10-12-6-5-7-12/h11-13H,4-10H2,1-3H3. The highest BCUT2D eigenvalue weighted by atomic mass is 15.1. The molecule has 0 radical (unpaired) electrons. The molecule has 0 heterocycles. The van der Waals surface area contributed by atoms with Crippen LogP contribution in [0.1, 0.15) is 39.5 Å². The Balaban J connectivity index is 2.02. The van der Waals surface area contributed by atoms with Gasteiger partial charge in [0.15, 0.2) is 0 Å². The Hall–Kier alpha value is -0.0800. The van der Waals surface area contributed by atoms with Gasteiger partial charge >= 0.3 is 0 Å². The first-order valence-corrected chi connectivity index (χ1v) is 6.14. The largest absolute Gasteiger partial charge is 0.313 e. The van der Waals surface area contributed by atoms with Gasteiger partial charge in [-0.05, 0) is 45.7 Å². The Morgan fingerprint density at radius 1 is 1.43 bits per heavy atom. The van der Waals surface area contributed by atoms with Crippen molar-refractivity contribution in [2.45, 2.75) is 45.6 Å². The lowest BCUT2D eigenvalue weighted by atomic mass is 9.85. The molecule has 0 aromatic carbocycles. The van der Waals surface area contributed by atoms with E-state index in [-0.39, 0.29) is 0 Å². The van der Waals surface area contributed by atoms with Crippen LogP contribution in [0, 0.1) is 5.92 Å². The van der Waals surface area contributed by atoms with Crippen LogP contribution >= 0.6 is 0 Å². The molecule has 0 bridgehead atoms. The third kappa shape index (κ3) is 4.43. The van der Waals surface area contributed by atoms with Gasteiger partial charge in [0, 0.05) is 19.1 Å². The van der Waals surface area contributed by atoms with Crippen LogP contribution in [0.25, 0.3) is 0 Å². The third-order valence-electron chi connectivity index (χ3n) is 3.12. The number of hydrogen-bond acceptors (Lipinski definition) is 2. The molecule has 14 heavy (non-hydrogen) atoms. The van der Waals surface area contributed by atoms with Crippen molar-refractivity contribution in [3.8, 4) is 0 Å². The number of rotatable bonds is 7. The van der Waals surface area contributed by atoms with Gasteiger partial charge in [-0.15, -0.1) is 0 Å². The SMILES string of the molecule is CCCNC(C)CN(C)CC1CCC1. The van der Waals surface area contributed by atoms with Gasteiger partial charge in [-0.25, -0.2) is 0 Å². The summed E-state index contributed by atoms with van der Waals surface area (Å²) in [4.78, 5) is 2.48. The maximum Gasteiger partial charge on any atom is 0.0166 e. The van der Waals surface area contributed by atoms with Crippen LogP contribution in [0.15, 0.2) is 0 Å². The Bertz CT molecular complexity index is 143. The molecular weight excluding hydrogens is 172 g/mol. The zero-order chi connectivity index (χ0) is 10.4. The molecule has 0 saturated heterocycles. The van der Waals surface area contributed by atoms with Crippen molar-refractivity contribution in [3.05, 3.63) is 0 Å². The summed E-state index contributed by atoms with van der Waals surface area (Å²) in [6, 6.07) is 0.639. The van der Waals surface area contributed by atoms with Crippen molar-refractivity contribution in [1.29, 1.82) is 0 Å². The first-order valence-electron chi connectivity index (χ1n) is 6.14. The molecule has 1 aliphatic rings. The van der Waals surface area contributed by atoms with Gasteiger partial charge in [-0.1, -0.05) is 13.3 Å². The van der Waals surface area contributed by atoms with Crippen LogP contribution in [-0.4, -0.2) is 37.6 Å². The Kier molecular flexibility index (Phi) is 5.49. The van der Waals surface area contributed by atoms with Gasteiger partial charge in [0.05, 0.1) is 0 Å². The molecule has 1 atom stereocenters. The number of nitrogens with zero attached hydrogens (tertiary/aromatic N) is 1. The molecule has 0 amide bonds. The summed E-state index contributed by atoms with van der Waals surface area (Å²) in [5, 5.41) is 3.53. The average Bonchev–Trinajstić information content (AvgIpc) is 2.08. The molecule has 0 aliphatic heterocycles. The van der Waals surface area contributed by atoms with Gasteiger partial charge in [0.1, 0.15) is 0 Å². The number of hydrogen-bond donors (Lipinski definition) is 1. The molecule has 2 nitrogen and oxygen atoms in total. The second kappa shape index (κ2) is 6.41. The molecule has 1 aliphatic carbocycles. The normalized spacial score (nSPS) is 19.7. The summed E-state index contributed by atoms with van der Waals surface area (Å²) in [5.41, 5.74) is 0. The van der Waals surface area contributed by atoms with E-state index in [2.05, 4.69) is 31.1 Å². The van der Waals surface area contributed by atoms with E-state index in [1.54, 1.807) is 0 Å². The Morgan fingerprint density at radius 2 is 2.14 bits per heavy atom. The maximum absolute atomic E-state index is 3.53. The predicted molar refractivity (Wildman–Crippen MR) is 62.6 cm³/mol. The second-order valence-electron chi connectivity index (χ2n) is 4.87. The van der Waals surface area contributed by atoms with Gasteiger partial charge in [0.25, 0.3) is 0 Å². The highest BCUT2D eigenvalue weighted by molar-refractivity contribution is 4.74. The molecule has 1 saturated carbocycles. The monoisotopic (exact) mass is 198 g/mol. The van der Waals surface area contributed by atoms with Crippen molar-refractivity contribution >= 4 is 0 Å². The van der Waals surface area contributed by atoms with Gasteiger partial charge in [-0.3, -0.25) is 0 Å². The van der Waals surface area contributed by atoms with Gasteiger partial charge in [-0.2, -0.15) is 0 Å². The Labute approximate surface area is 89.1 Å². The van der Waals surface area contributed by atoms with E-state index >= 15 is 0 Å². The van der Waals surface area contributed by atoms with E-state index in [1.807, 2.05) is 0 Å². The maximum atomic E-state index is 3.53. The zero-order valence-electron chi connectivity index (χ0n) is 10.1. The summed E-state index contributed by atoms with van der Waals surface area (Å²) in [6.45, 7) is 8.15. The Morgan fingerprint density at radius 3 is 2.64 bits per heavy atom. The summed E-state index contributed by atoms with van der Waals surface area (Å²) in [6.07, 6.45) is 5.61. The minimum absolute atomic E-state index is 0.639. The van der Waals surface area contributed by atoms with Crippen LogP contribution in [0.5, 0.6) is 0 Å². The first kappa shape index (κ1) is 12.0. The second-order valence-corrected chi connectivity index (χ2v) is 4.87. The molecule has 0 spiro atoms. The summed E-state index contributed by atoms with van der Waals surface area (Å²) < 4.78 is 0. The minimum Gasteiger partial charge on any atom is -0.313 e. The first-order chi connectivity index (χ1) is 6.72. The van der Waals surface area contributed by atoms with Crippen molar-refractivity contribution in [3.63, 3.8) is 0 Å². The lowest BCUT2D eigenvalue weighted by Crippen LogP contribution is -2.40. The molecule has 84 valence electrons. The molecule has 1 fully saturated rings. The quantitative estimate of drug-likeness (QED) is 0.674. The fourth-order valence-corrected chi connectivity index (χ4v) is 2.11. The number of likely N-dealkylation sites (N-methyl/N-ethyl adjacent to an activating group) is 1. The average molecular weight is 198 g/mol. The highest BCUT2D eigenvalue weighted by Gasteiger charge is 2.19. The zero-order valence-corrected chi connectivity index (χ0v) is 10.1. The predicted octanol–water partition coefficient (Wildman–Crippen LogP) is 2.11. The third-order valence-corrected chi connectivity index (χ3v) is 3.12. The van der Waals surface area contributed by atoms with Gasteiger partial charge in [0.2, 0.25) is 0 Å². The smallest absolute Gasteiger partial charge is 0.0166 e. The molecule has 1 rings (SSSR count). The van der Waals surface area contributed by atoms with Crippen LogP contribution in [0.2, 0.25) is 0 Å². The summed E-state index contributed by atoms with van der Waals surface area (Å²) in [7, 11) is 2.25. The molecule has 2 heteroatoms. The van der Waals surface area contributed by atoms with Crippen LogP contribution in [-0.2, 0) is 0 Å². The number of nitrogens with one attached hydrogen (secondary N) is 1. The van der Waals surface area contributed by atoms with E-state index in [9.17, 15) is 0 Å². The molecular formula is C12H26N2. The van der Waals surface area contributed by atoms with Crippen LogP contribution in [0.3, 0.4) is 0 Å². The topological polar surface area (TPSA) is 15.3 Å². The fraction of sp³-hybridized carbons (Fsp3) is 1.00. The summed E-state index contributed by atoms with van der Waals surface area (Å²) >= 11 is 0. The lowest BCUT2D eigenvalue weighted by Gasteiger charge is -2.31. The van der Waals surface area contributed by atoms with E-state index in [4.69, 9.17) is 0 Å². The van der Waals surface area contributed by atoms with Crippen molar-refractivity contribution < 1.29 is 0 Å². The summed E-state index contributed by atoms with van der Waals surface area (Å²) in [5.74, 6) is 0.998. The molecule has 1 N–H and O–H groups in total. The van der Waals surface area contributed by atoms with Crippen molar-refractivity contribution in [2.75, 3.05) is 26.7 Å². The lowest BCUT2D eigenvalue weighted by molar-refractivity contribution is 0.194. The van der Waals surface area contributed by atoms with Crippen molar-refractivity contribution in [2.24, 2.45) is 5.92 Å². The molecule has 1 unspecified atom stereocenters. The van der Waals surface area contributed by atoms with Gasteiger partial charge < -0.3 is 10.2 Å². The van der Waals surface area contributed by atoms with E-state index in [1.165, 1.54) is 38.8 Å². The molecule has 0 aromatic rings. The van der Waals surface area contributed by atoms with E-state index in [0.29, 0.717) is 6.04 Å². The van der Waals surface area contributed by atoms with Crippen molar-refractivity contribution in [1.82, 2.24) is 10.2 Å². The highest BCUT2D eigenvalue weighted by Crippen LogP contribution is 2.26.